The molecule has 3 rings (SSSR count). The Hall–Kier alpha value is -1.87. The topological polar surface area (TPSA) is 28.2 Å². The molecule has 0 amide bonds. The van der Waals surface area contributed by atoms with Crippen LogP contribution in [-0.2, 0) is 19.5 Å². The van der Waals surface area contributed by atoms with E-state index in [1.54, 1.807) is 0 Å². The van der Waals surface area contributed by atoms with Gasteiger partial charge in [-0.1, -0.05) is 19.1 Å². The Morgan fingerprint density at radius 2 is 2.00 bits per heavy atom. The van der Waals surface area contributed by atoms with Gasteiger partial charge in [-0.05, 0) is 54.3 Å². The highest BCUT2D eigenvalue weighted by molar-refractivity contribution is 5.56. The summed E-state index contributed by atoms with van der Waals surface area (Å²) in [4.78, 5) is 6.58. The molecule has 0 unspecified atom stereocenters. The van der Waals surface area contributed by atoms with Crippen LogP contribution in [0, 0.1) is 0 Å². The second kappa shape index (κ2) is 6.72. The number of aromatic nitrogens is 1. The second-order valence-corrected chi connectivity index (χ2v) is 5.63. The third-order valence-electron chi connectivity index (χ3n) is 4.19. The average Bonchev–Trinajstić information content (AvgIpc) is 2.55. The highest BCUT2D eigenvalue weighted by Crippen LogP contribution is 2.26. The number of anilines is 1. The van der Waals surface area contributed by atoms with E-state index in [1.165, 1.54) is 35.2 Å². The third-order valence-corrected chi connectivity index (χ3v) is 4.19. The van der Waals surface area contributed by atoms with Crippen molar-refractivity contribution < 1.29 is 0 Å². The number of benzene rings is 1. The van der Waals surface area contributed by atoms with E-state index in [0.29, 0.717) is 0 Å². The maximum atomic E-state index is 4.09. The van der Waals surface area contributed by atoms with E-state index < -0.39 is 0 Å². The minimum absolute atomic E-state index is 0.982. The molecule has 0 saturated carbocycles. The van der Waals surface area contributed by atoms with Crippen LogP contribution in [-0.4, -0.2) is 23.0 Å². The quantitative estimate of drug-likeness (QED) is 0.909. The van der Waals surface area contributed by atoms with Crippen molar-refractivity contribution in [1.82, 2.24) is 9.88 Å². The van der Waals surface area contributed by atoms with Crippen LogP contribution in [0.2, 0.25) is 0 Å². The largest absolute Gasteiger partial charge is 0.385 e. The van der Waals surface area contributed by atoms with Gasteiger partial charge in [0.05, 0.1) is 0 Å². The van der Waals surface area contributed by atoms with Crippen LogP contribution >= 0.6 is 0 Å². The molecule has 1 aromatic carbocycles. The van der Waals surface area contributed by atoms with Crippen molar-refractivity contribution in [1.29, 1.82) is 0 Å². The zero-order valence-electron chi connectivity index (χ0n) is 12.7. The molecule has 3 heteroatoms. The molecule has 3 nitrogen and oxygen atoms in total. The molecule has 0 aliphatic carbocycles. The first-order valence-electron chi connectivity index (χ1n) is 7.82. The molecule has 0 fully saturated rings. The van der Waals surface area contributed by atoms with Crippen LogP contribution in [0.5, 0.6) is 0 Å². The van der Waals surface area contributed by atoms with Crippen molar-refractivity contribution in [3.05, 3.63) is 59.4 Å². The Morgan fingerprint density at radius 1 is 1.14 bits per heavy atom. The number of pyridine rings is 1. The summed E-state index contributed by atoms with van der Waals surface area (Å²) in [7, 11) is 0. The van der Waals surface area contributed by atoms with Crippen molar-refractivity contribution in [2.24, 2.45) is 0 Å². The summed E-state index contributed by atoms with van der Waals surface area (Å²) >= 11 is 0. The van der Waals surface area contributed by atoms with Gasteiger partial charge in [-0.25, -0.2) is 0 Å². The smallest absolute Gasteiger partial charge is 0.0375 e. The van der Waals surface area contributed by atoms with Gasteiger partial charge in [0.15, 0.2) is 0 Å². The highest BCUT2D eigenvalue weighted by Gasteiger charge is 2.14. The van der Waals surface area contributed by atoms with Crippen LogP contribution in [0.1, 0.15) is 30.0 Å². The number of hydrogen-bond donors (Lipinski definition) is 1. The van der Waals surface area contributed by atoms with Gasteiger partial charge >= 0.3 is 0 Å². The molecule has 0 bridgehead atoms. The van der Waals surface area contributed by atoms with Crippen LogP contribution in [0.3, 0.4) is 0 Å². The number of fused-ring (bicyclic) bond motifs is 1. The molecule has 110 valence electrons. The molecule has 0 spiro atoms. The Morgan fingerprint density at radius 3 is 2.81 bits per heavy atom. The number of nitrogens with one attached hydrogen (secondary N) is 1. The first kappa shape index (κ1) is 14.1. The Labute approximate surface area is 127 Å². The normalized spacial score (nSPS) is 13.8. The van der Waals surface area contributed by atoms with E-state index in [4.69, 9.17) is 0 Å². The SMILES string of the molecule is CCN(Cc1ccncc1)Cc1cccc2c1CCCN2. The zero-order valence-corrected chi connectivity index (χ0v) is 12.7. The van der Waals surface area contributed by atoms with Gasteiger partial charge in [0.2, 0.25) is 0 Å². The van der Waals surface area contributed by atoms with Gasteiger partial charge in [-0.15, -0.1) is 0 Å². The van der Waals surface area contributed by atoms with Crippen LogP contribution in [0.25, 0.3) is 0 Å². The monoisotopic (exact) mass is 281 g/mol. The lowest BCUT2D eigenvalue weighted by atomic mass is 9.97. The molecule has 2 aromatic rings. The Bertz CT molecular complexity index is 580. The predicted octanol–water partition coefficient (Wildman–Crippen LogP) is 3.46. The lowest BCUT2D eigenvalue weighted by molar-refractivity contribution is 0.270. The standard InChI is InChI=1S/C18H23N3/c1-2-21(13-15-8-11-19-12-9-15)14-16-5-3-7-18-17(16)6-4-10-20-18/h3,5,7-9,11-12,20H,2,4,6,10,13-14H2,1H3. The van der Waals surface area contributed by atoms with Crippen molar-refractivity contribution in [2.45, 2.75) is 32.9 Å². The van der Waals surface area contributed by atoms with Gasteiger partial charge < -0.3 is 5.32 Å². The van der Waals surface area contributed by atoms with Gasteiger partial charge in [0.1, 0.15) is 0 Å². The number of rotatable bonds is 5. The molecule has 0 saturated heterocycles. The first-order valence-corrected chi connectivity index (χ1v) is 7.82. The van der Waals surface area contributed by atoms with E-state index in [-0.39, 0.29) is 0 Å². The second-order valence-electron chi connectivity index (χ2n) is 5.63. The lowest BCUT2D eigenvalue weighted by Crippen LogP contribution is -2.24. The van der Waals surface area contributed by atoms with Crippen molar-refractivity contribution in [2.75, 3.05) is 18.4 Å². The average molecular weight is 281 g/mol. The lowest BCUT2D eigenvalue weighted by Gasteiger charge is -2.25. The molecule has 0 atom stereocenters. The molecule has 0 radical (unpaired) electrons. The minimum Gasteiger partial charge on any atom is -0.385 e. The molecule has 1 aliphatic rings. The summed E-state index contributed by atoms with van der Waals surface area (Å²) in [6, 6.07) is 10.9. The maximum Gasteiger partial charge on any atom is 0.0375 e. The van der Waals surface area contributed by atoms with E-state index in [1.807, 2.05) is 12.4 Å². The highest BCUT2D eigenvalue weighted by atomic mass is 15.1. The molecule has 1 aromatic heterocycles. The predicted molar refractivity (Wildman–Crippen MR) is 87.3 cm³/mol. The van der Waals surface area contributed by atoms with Crippen LogP contribution in [0.15, 0.2) is 42.7 Å². The summed E-state index contributed by atoms with van der Waals surface area (Å²) in [5, 5.41) is 3.52. The summed E-state index contributed by atoms with van der Waals surface area (Å²) in [6.45, 7) is 6.39. The summed E-state index contributed by atoms with van der Waals surface area (Å²) in [5.41, 5.74) is 5.64. The van der Waals surface area contributed by atoms with E-state index >= 15 is 0 Å². The van der Waals surface area contributed by atoms with E-state index in [9.17, 15) is 0 Å². The molecule has 1 aliphatic heterocycles. The zero-order chi connectivity index (χ0) is 14.5. The number of hydrogen-bond acceptors (Lipinski definition) is 3. The Balaban J connectivity index is 1.75. The van der Waals surface area contributed by atoms with Crippen molar-refractivity contribution in [3.63, 3.8) is 0 Å². The molecule has 2 heterocycles. The summed E-state index contributed by atoms with van der Waals surface area (Å²) in [6.07, 6.45) is 6.18. The molecular formula is C18H23N3. The Kier molecular flexibility index (Phi) is 4.51. The minimum atomic E-state index is 0.982. The van der Waals surface area contributed by atoms with E-state index in [0.717, 1.165) is 26.2 Å². The van der Waals surface area contributed by atoms with Gasteiger partial charge in [-0.3, -0.25) is 9.88 Å². The molecular weight excluding hydrogens is 258 g/mol. The van der Waals surface area contributed by atoms with Gasteiger partial charge in [-0.2, -0.15) is 0 Å². The molecule has 21 heavy (non-hydrogen) atoms. The van der Waals surface area contributed by atoms with Gasteiger partial charge in [0.25, 0.3) is 0 Å². The van der Waals surface area contributed by atoms with Gasteiger partial charge in [0, 0.05) is 37.7 Å². The fraction of sp³-hybridized carbons (Fsp3) is 0.389. The molecule has 1 N–H and O–H groups in total. The van der Waals surface area contributed by atoms with Crippen LogP contribution in [0.4, 0.5) is 5.69 Å². The fourth-order valence-electron chi connectivity index (χ4n) is 3.00. The van der Waals surface area contributed by atoms with E-state index in [2.05, 4.69) is 52.5 Å². The maximum absolute atomic E-state index is 4.09. The number of nitrogens with zero attached hydrogens (tertiary/aromatic N) is 2. The third kappa shape index (κ3) is 3.42. The van der Waals surface area contributed by atoms with Crippen molar-refractivity contribution >= 4 is 5.69 Å². The van der Waals surface area contributed by atoms with Crippen molar-refractivity contribution in [3.8, 4) is 0 Å². The first-order chi connectivity index (χ1) is 10.4. The van der Waals surface area contributed by atoms with Crippen LogP contribution < -0.4 is 5.32 Å². The summed E-state index contributed by atoms with van der Waals surface area (Å²) in [5.74, 6) is 0. The fourth-order valence-corrected chi connectivity index (χ4v) is 3.00. The summed E-state index contributed by atoms with van der Waals surface area (Å²) < 4.78 is 0.